The number of aliphatic imine (C=N–C) groups is 1. The van der Waals surface area contributed by atoms with Gasteiger partial charge in [-0.3, -0.25) is 4.99 Å². The molecule has 9 heavy (non-hydrogen) atoms. The van der Waals surface area contributed by atoms with Crippen molar-refractivity contribution in [2.75, 3.05) is 0 Å². The molecule has 0 rings (SSSR count). The highest BCUT2D eigenvalue weighted by Crippen LogP contribution is 1.88. The molecule has 0 aliphatic heterocycles. The number of nitrogens with zero attached hydrogens (tertiary/aromatic N) is 1. The highest BCUT2D eigenvalue weighted by atomic mass is 14.7. The van der Waals surface area contributed by atoms with Crippen LogP contribution in [0.25, 0.3) is 0 Å². The number of allylic oxidation sites excluding steroid dienone is 2. The van der Waals surface area contributed by atoms with E-state index in [1.54, 1.807) is 18.4 Å². The van der Waals surface area contributed by atoms with E-state index in [9.17, 15) is 0 Å². The molecule has 0 aliphatic rings. The van der Waals surface area contributed by atoms with Crippen molar-refractivity contribution >= 4 is 6.21 Å². The average molecular weight is 121 g/mol. The largest absolute Gasteiger partial charge is 0.258 e. The predicted octanol–water partition coefficient (Wildman–Crippen LogP) is 2.32. The van der Waals surface area contributed by atoms with E-state index in [0.717, 1.165) is 5.70 Å². The molecule has 0 N–H and O–H groups in total. The van der Waals surface area contributed by atoms with Crippen molar-refractivity contribution in [3.8, 4) is 0 Å². The standard InChI is InChI=1S/C8H11N/c1-4-6-7-8(3)9-5-2/h4-6H,1H2,2-3H3. The van der Waals surface area contributed by atoms with Crippen LogP contribution in [0, 0.1) is 0 Å². The van der Waals surface area contributed by atoms with Gasteiger partial charge in [-0.05, 0) is 19.9 Å². The molecule has 0 radical (unpaired) electrons. The Balaban J connectivity index is 4.14. The second kappa shape index (κ2) is 5.07. The summed E-state index contributed by atoms with van der Waals surface area (Å²) in [4.78, 5) is 3.96. The third kappa shape index (κ3) is 4.79. The smallest absolute Gasteiger partial charge is 0.0785 e. The Kier molecular flexibility index (Phi) is 4.47. The molecule has 1 nitrogen and oxygen atoms in total. The van der Waals surface area contributed by atoms with Crippen LogP contribution in [-0.4, -0.2) is 6.21 Å². The first-order chi connectivity index (χ1) is 4.31. The van der Waals surface area contributed by atoms with E-state index in [4.69, 9.17) is 0 Å². The summed E-state index contributed by atoms with van der Waals surface area (Å²) in [5, 5.41) is 0. The summed E-state index contributed by atoms with van der Waals surface area (Å²) >= 11 is 0. The quantitative estimate of drug-likeness (QED) is 0.302. The minimum atomic E-state index is 0.873. The second-order valence-electron chi connectivity index (χ2n) is 1.52. The molecule has 0 bridgehead atoms. The third-order valence-corrected chi connectivity index (χ3v) is 0.733. The van der Waals surface area contributed by atoms with Gasteiger partial charge in [-0.25, -0.2) is 0 Å². The van der Waals surface area contributed by atoms with Gasteiger partial charge in [-0.15, -0.1) is 0 Å². The van der Waals surface area contributed by atoms with Crippen LogP contribution in [0.5, 0.6) is 0 Å². The lowest BCUT2D eigenvalue weighted by Crippen LogP contribution is -1.63. The molecular weight excluding hydrogens is 110 g/mol. The van der Waals surface area contributed by atoms with Gasteiger partial charge in [0.25, 0.3) is 0 Å². The fraction of sp³-hybridized carbons (Fsp3) is 0.250. The summed E-state index contributed by atoms with van der Waals surface area (Å²) in [6.07, 6.45) is 5.15. The van der Waals surface area contributed by atoms with E-state index >= 15 is 0 Å². The van der Waals surface area contributed by atoms with Crippen LogP contribution in [0.15, 0.2) is 35.2 Å². The number of hydrogen-bond acceptors (Lipinski definition) is 1. The Labute approximate surface area is 56.1 Å². The van der Waals surface area contributed by atoms with Crippen LogP contribution < -0.4 is 0 Å². The molecule has 0 saturated heterocycles. The van der Waals surface area contributed by atoms with Crippen LogP contribution >= 0.6 is 0 Å². The number of hydrogen-bond donors (Lipinski definition) is 0. The lowest BCUT2D eigenvalue weighted by Gasteiger charge is -1.79. The van der Waals surface area contributed by atoms with Crippen LogP contribution in [0.4, 0.5) is 0 Å². The maximum absolute atomic E-state index is 3.96. The van der Waals surface area contributed by atoms with Gasteiger partial charge in [0.05, 0.1) is 5.70 Å². The molecular formula is C8H11N. The molecule has 0 aliphatic carbocycles. The van der Waals surface area contributed by atoms with Crippen molar-refractivity contribution in [2.24, 2.45) is 4.99 Å². The summed E-state index contributed by atoms with van der Waals surface area (Å²) in [5.74, 6) is 0. The van der Waals surface area contributed by atoms with Crippen LogP contribution in [0.3, 0.4) is 0 Å². The normalized spacial score (nSPS) is 8.67. The van der Waals surface area contributed by atoms with E-state index in [1.807, 2.05) is 13.8 Å². The van der Waals surface area contributed by atoms with E-state index in [2.05, 4.69) is 17.3 Å². The first-order valence-electron chi connectivity index (χ1n) is 2.84. The highest BCUT2D eigenvalue weighted by molar-refractivity contribution is 5.55. The van der Waals surface area contributed by atoms with Gasteiger partial charge in [-0.1, -0.05) is 18.4 Å². The number of rotatable bonds is 2. The lowest BCUT2D eigenvalue weighted by molar-refractivity contribution is 1.32. The zero-order chi connectivity index (χ0) is 7.11. The minimum absolute atomic E-state index is 0.873. The van der Waals surface area contributed by atoms with Crippen molar-refractivity contribution in [3.63, 3.8) is 0 Å². The zero-order valence-electron chi connectivity index (χ0n) is 5.89. The van der Waals surface area contributed by atoms with Crippen molar-refractivity contribution in [3.05, 3.63) is 30.2 Å². The van der Waals surface area contributed by atoms with Gasteiger partial charge in [0, 0.05) is 6.21 Å². The Morgan fingerprint density at radius 1 is 1.67 bits per heavy atom. The summed E-state index contributed by atoms with van der Waals surface area (Å²) in [6, 6.07) is 0. The molecule has 0 fully saturated rings. The SMILES string of the molecule is C=CC=C=C(C)N=CC. The van der Waals surface area contributed by atoms with E-state index < -0.39 is 0 Å². The van der Waals surface area contributed by atoms with Gasteiger partial charge >= 0.3 is 0 Å². The van der Waals surface area contributed by atoms with Gasteiger partial charge in [0.1, 0.15) is 0 Å². The van der Waals surface area contributed by atoms with E-state index in [1.165, 1.54) is 0 Å². The topological polar surface area (TPSA) is 12.4 Å². The van der Waals surface area contributed by atoms with Gasteiger partial charge < -0.3 is 0 Å². The van der Waals surface area contributed by atoms with Crippen LogP contribution in [0.1, 0.15) is 13.8 Å². The molecule has 0 spiro atoms. The second-order valence-corrected chi connectivity index (χ2v) is 1.52. The monoisotopic (exact) mass is 121 g/mol. The summed E-state index contributed by atoms with van der Waals surface area (Å²) < 4.78 is 0. The Morgan fingerprint density at radius 2 is 2.33 bits per heavy atom. The average Bonchev–Trinajstić information content (AvgIpc) is 1.85. The molecule has 0 atom stereocenters. The summed E-state index contributed by atoms with van der Waals surface area (Å²) in [7, 11) is 0. The first-order valence-corrected chi connectivity index (χ1v) is 2.84. The van der Waals surface area contributed by atoms with Gasteiger partial charge in [0.2, 0.25) is 0 Å². The maximum atomic E-state index is 3.96. The molecule has 1 heteroatoms. The van der Waals surface area contributed by atoms with Crippen molar-refractivity contribution < 1.29 is 0 Å². The van der Waals surface area contributed by atoms with Crippen molar-refractivity contribution in [1.29, 1.82) is 0 Å². The molecule has 48 valence electrons. The molecule has 0 aromatic heterocycles. The van der Waals surface area contributed by atoms with Crippen molar-refractivity contribution in [2.45, 2.75) is 13.8 Å². The van der Waals surface area contributed by atoms with E-state index in [0.29, 0.717) is 0 Å². The summed E-state index contributed by atoms with van der Waals surface area (Å²) in [6.45, 7) is 7.27. The van der Waals surface area contributed by atoms with E-state index in [-0.39, 0.29) is 0 Å². The fourth-order valence-electron chi connectivity index (χ4n) is 0.410. The summed E-state index contributed by atoms with van der Waals surface area (Å²) in [5.41, 5.74) is 3.78. The molecule has 0 aromatic carbocycles. The minimum Gasteiger partial charge on any atom is -0.258 e. The zero-order valence-corrected chi connectivity index (χ0v) is 5.89. The molecule has 0 aromatic rings. The van der Waals surface area contributed by atoms with Crippen molar-refractivity contribution in [1.82, 2.24) is 0 Å². The Bertz CT molecular complexity index is 169. The van der Waals surface area contributed by atoms with Crippen LogP contribution in [0.2, 0.25) is 0 Å². The first kappa shape index (κ1) is 7.93. The van der Waals surface area contributed by atoms with Gasteiger partial charge in [0.15, 0.2) is 0 Å². The molecule has 0 unspecified atom stereocenters. The lowest BCUT2D eigenvalue weighted by atomic mass is 10.5. The van der Waals surface area contributed by atoms with Crippen LogP contribution in [-0.2, 0) is 0 Å². The fourth-order valence-corrected chi connectivity index (χ4v) is 0.410. The molecule has 0 heterocycles. The highest BCUT2D eigenvalue weighted by Gasteiger charge is 1.70. The van der Waals surface area contributed by atoms with Gasteiger partial charge in [-0.2, -0.15) is 0 Å². The predicted molar refractivity (Wildman–Crippen MR) is 41.6 cm³/mol. The Morgan fingerprint density at radius 3 is 2.78 bits per heavy atom. The molecule has 0 amide bonds. The Hall–Kier alpha value is -1.07. The maximum Gasteiger partial charge on any atom is 0.0785 e. The molecule has 0 saturated carbocycles. The third-order valence-electron chi connectivity index (χ3n) is 0.733.